The Morgan fingerprint density at radius 1 is 1.44 bits per heavy atom. The number of halogens is 1. The summed E-state index contributed by atoms with van der Waals surface area (Å²) in [5, 5.41) is 0.490. The molecule has 2 aliphatic heterocycles. The Kier molecular flexibility index (Phi) is 5.39. The smallest absolute Gasteiger partial charge is 0.283 e. The first-order chi connectivity index (χ1) is 13.1. The van der Waals surface area contributed by atoms with E-state index in [1.807, 2.05) is 0 Å². The van der Waals surface area contributed by atoms with E-state index in [0.717, 1.165) is 43.5 Å². The van der Waals surface area contributed by atoms with Crippen molar-refractivity contribution in [2.75, 3.05) is 7.11 Å². The Labute approximate surface area is 167 Å². The molecule has 2 aliphatic rings. The number of aromatic nitrogens is 1. The molecule has 0 saturated carbocycles. The van der Waals surface area contributed by atoms with Crippen molar-refractivity contribution in [2.24, 2.45) is 4.99 Å². The first-order valence-electron chi connectivity index (χ1n) is 9.41. The molecule has 0 N–H and O–H groups in total. The lowest BCUT2D eigenvalue weighted by Crippen LogP contribution is -2.24. The van der Waals surface area contributed by atoms with Crippen LogP contribution in [-0.4, -0.2) is 23.7 Å². The molecule has 0 radical (unpaired) electrons. The highest BCUT2D eigenvalue weighted by Gasteiger charge is 2.37. The van der Waals surface area contributed by atoms with E-state index < -0.39 is 0 Å². The van der Waals surface area contributed by atoms with Gasteiger partial charge in [-0.25, -0.2) is 0 Å². The first kappa shape index (κ1) is 18.7. The van der Waals surface area contributed by atoms with Gasteiger partial charge in [-0.1, -0.05) is 24.9 Å². The second kappa shape index (κ2) is 7.78. The van der Waals surface area contributed by atoms with E-state index in [2.05, 4.69) is 16.5 Å². The van der Waals surface area contributed by atoms with Crippen LogP contribution in [0.3, 0.4) is 0 Å². The van der Waals surface area contributed by atoms with Crippen molar-refractivity contribution < 1.29 is 14.3 Å². The molecule has 7 heteroatoms. The molecule has 0 aliphatic carbocycles. The zero-order valence-corrected chi connectivity index (χ0v) is 17.1. The summed E-state index contributed by atoms with van der Waals surface area (Å²) in [6, 6.07) is 5.01. The largest absolute Gasteiger partial charge is 0.496 e. The van der Waals surface area contributed by atoms with Crippen LogP contribution in [0.2, 0.25) is 5.02 Å². The fourth-order valence-corrected chi connectivity index (χ4v) is 5.28. The third kappa shape index (κ3) is 3.58. The molecule has 1 fully saturated rings. The number of fused-ring (bicyclic) bond motifs is 4. The molecule has 2 unspecified atom stereocenters. The lowest BCUT2D eigenvalue weighted by atomic mass is 10.1. The summed E-state index contributed by atoms with van der Waals surface area (Å²) in [7, 11) is 1.54. The predicted molar refractivity (Wildman–Crippen MR) is 106 cm³/mol. The summed E-state index contributed by atoms with van der Waals surface area (Å²) in [4.78, 5) is 19.4. The number of amides is 1. The Morgan fingerprint density at radius 3 is 3.07 bits per heavy atom. The van der Waals surface area contributed by atoms with Crippen LogP contribution in [0.1, 0.15) is 59.6 Å². The van der Waals surface area contributed by atoms with Crippen molar-refractivity contribution in [1.29, 1.82) is 0 Å². The molecule has 0 spiro atoms. The Balaban J connectivity index is 1.78. The summed E-state index contributed by atoms with van der Waals surface area (Å²) in [6.45, 7) is 3.02. The van der Waals surface area contributed by atoms with E-state index in [-0.39, 0.29) is 12.0 Å². The average Bonchev–Trinajstić information content (AvgIpc) is 3.21. The van der Waals surface area contributed by atoms with Crippen molar-refractivity contribution in [3.05, 3.63) is 44.2 Å². The lowest BCUT2D eigenvalue weighted by molar-refractivity contribution is 0.0280. The normalized spacial score (nSPS) is 21.4. The van der Waals surface area contributed by atoms with Gasteiger partial charge >= 0.3 is 0 Å². The molecule has 2 atom stereocenters. The van der Waals surface area contributed by atoms with Gasteiger partial charge in [0.25, 0.3) is 5.91 Å². The number of hydrogen-bond donors (Lipinski definition) is 0. The quantitative estimate of drug-likeness (QED) is 0.733. The molecule has 5 nitrogen and oxygen atoms in total. The van der Waals surface area contributed by atoms with Crippen LogP contribution in [-0.2, 0) is 17.7 Å². The lowest BCUT2D eigenvalue weighted by Gasteiger charge is -2.22. The molecule has 2 bridgehead atoms. The highest BCUT2D eigenvalue weighted by Crippen LogP contribution is 2.42. The standard InChI is InChI=1S/C20H23ClN2O3S/c1-3-4-9-23-18-16-8-6-13(26-16)11-17(18)27-20(23)22-19(24)14-10-12(21)5-7-15(14)25-2/h5,7,10,13,16H,3-4,6,8-9,11H2,1-2H3. The first-order valence-corrected chi connectivity index (χ1v) is 10.6. The van der Waals surface area contributed by atoms with Crippen LogP contribution in [0.25, 0.3) is 0 Å². The third-order valence-corrected chi connectivity index (χ3v) is 6.52. The van der Waals surface area contributed by atoms with Crippen molar-refractivity contribution in [1.82, 2.24) is 4.57 Å². The molecule has 1 aromatic heterocycles. The fourth-order valence-electron chi connectivity index (χ4n) is 3.84. The van der Waals surface area contributed by atoms with Gasteiger partial charge in [0.2, 0.25) is 0 Å². The van der Waals surface area contributed by atoms with Gasteiger partial charge in [-0.3, -0.25) is 4.79 Å². The summed E-state index contributed by atoms with van der Waals surface area (Å²) < 4.78 is 13.6. The van der Waals surface area contributed by atoms with E-state index in [1.54, 1.807) is 36.6 Å². The number of benzene rings is 1. The Morgan fingerprint density at radius 2 is 2.30 bits per heavy atom. The van der Waals surface area contributed by atoms with Crippen molar-refractivity contribution in [2.45, 2.75) is 57.8 Å². The summed E-state index contributed by atoms with van der Waals surface area (Å²) in [5.74, 6) is 0.154. The molecule has 144 valence electrons. The summed E-state index contributed by atoms with van der Waals surface area (Å²) >= 11 is 7.70. The van der Waals surface area contributed by atoms with Crippen LogP contribution in [0, 0.1) is 0 Å². The van der Waals surface area contributed by atoms with Gasteiger partial charge in [0.1, 0.15) is 5.75 Å². The van der Waals surface area contributed by atoms with Crippen LogP contribution in [0.5, 0.6) is 5.75 Å². The van der Waals surface area contributed by atoms with E-state index in [0.29, 0.717) is 22.4 Å². The Bertz CT molecular complexity index is 934. The Hall–Kier alpha value is -1.63. The third-order valence-electron chi connectivity index (χ3n) is 5.17. The van der Waals surface area contributed by atoms with Gasteiger partial charge < -0.3 is 14.0 Å². The van der Waals surface area contributed by atoms with Crippen molar-refractivity contribution >= 4 is 28.8 Å². The number of ether oxygens (including phenoxy) is 2. The maximum atomic E-state index is 12.9. The van der Waals surface area contributed by atoms with Gasteiger partial charge in [0, 0.05) is 22.9 Å². The monoisotopic (exact) mass is 406 g/mol. The molecule has 2 aromatic rings. The fraction of sp³-hybridized carbons (Fsp3) is 0.500. The average molecular weight is 407 g/mol. The second-order valence-corrected chi connectivity index (χ2v) is 8.49. The minimum atomic E-state index is -0.329. The van der Waals surface area contributed by atoms with Crippen LogP contribution in [0.4, 0.5) is 0 Å². The van der Waals surface area contributed by atoms with E-state index >= 15 is 0 Å². The van der Waals surface area contributed by atoms with Gasteiger partial charge in [0.15, 0.2) is 4.80 Å². The highest BCUT2D eigenvalue weighted by atomic mass is 35.5. The van der Waals surface area contributed by atoms with E-state index in [4.69, 9.17) is 21.1 Å². The number of nitrogens with zero attached hydrogens (tertiary/aromatic N) is 2. The molecule has 27 heavy (non-hydrogen) atoms. The number of hydrogen-bond acceptors (Lipinski definition) is 4. The number of rotatable bonds is 5. The van der Waals surface area contributed by atoms with Crippen LogP contribution >= 0.6 is 22.9 Å². The van der Waals surface area contributed by atoms with Crippen LogP contribution in [0.15, 0.2) is 23.2 Å². The number of methoxy groups -OCH3 is 1. The van der Waals surface area contributed by atoms with E-state index in [1.165, 1.54) is 10.6 Å². The molecular formula is C20H23ClN2O3S. The molecule has 3 heterocycles. The minimum absolute atomic E-state index is 0.145. The zero-order valence-electron chi connectivity index (χ0n) is 15.5. The summed E-state index contributed by atoms with van der Waals surface area (Å²) in [5.41, 5.74) is 1.61. The van der Waals surface area contributed by atoms with Gasteiger partial charge in [-0.15, -0.1) is 11.3 Å². The summed E-state index contributed by atoms with van der Waals surface area (Å²) in [6.07, 6.45) is 5.68. The van der Waals surface area contributed by atoms with Crippen LogP contribution < -0.4 is 9.54 Å². The predicted octanol–water partition coefficient (Wildman–Crippen LogP) is 4.53. The maximum Gasteiger partial charge on any atom is 0.283 e. The number of thiazole rings is 1. The molecule has 1 amide bonds. The van der Waals surface area contributed by atoms with Crippen molar-refractivity contribution in [3.63, 3.8) is 0 Å². The number of carbonyl (C=O) groups is 1. The number of unbranched alkanes of at least 4 members (excludes halogenated alkanes) is 1. The molecule has 4 rings (SSSR count). The van der Waals surface area contributed by atoms with E-state index in [9.17, 15) is 4.79 Å². The zero-order chi connectivity index (χ0) is 19.0. The maximum absolute atomic E-state index is 12.9. The van der Waals surface area contributed by atoms with Gasteiger partial charge in [0.05, 0.1) is 30.6 Å². The molecule has 1 saturated heterocycles. The molecular weight excluding hydrogens is 384 g/mol. The van der Waals surface area contributed by atoms with Gasteiger partial charge in [-0.05, 0) is 37.5 Å². The minimum Gasteiger partial charge on any atom is -0.496 e. The number of carbonyl (C=O) groups excluding carboxylic acids is 1. The topological polar surface area (TPSA) is 52.8 Å². The van der Waals surface area contributed by atoms with Crippen molar-refractivity contribution in [3.8, 4) is 5.75 Å². The second-order valence-electron chi connectivity index (χ2n) is 6.99. The SMILES string of the molecule is CCCCn1c2c(sc1=NC(=O)c1cc(Cl)ccc1OC)CC1CCC2O1. The van der Waals surface area contributed by atoms with Gasteiger partial charge in [-0.2, -0.15) is 4.99 Å². The highest BCUT2D eigenvalue weighted by molar-refractivity contribution is 7.09. The molecule has 1 aromatic carbocycles.